The molecular weight excluding hydrogens is 338 g/mol. The number of aryl methyl sites for hydroxylation is 1. The van der Waals surface area contributed by atoms with Gasteiger partial charge < -0.3 is 14.8 Å². The monoisotopic (exact) mass is 363 g/mol. The van der Waals surface area contributed by atoms with E-state index >= 15 is 0 Å². The molecule has 1 aromatic heterocycles. The zero-order valence-corrected chi connectivity index (χ0v) is 15.6. The van der Waals surface area contributed by atoms with Gasteiger partial charge in [-0.25, -0.2) is 0 Å². The predicted molar refractivity (Wildman–Crippen MR) is 110 cm³/mol. The lowest BCUT2D eigenvalue weighted by atomic mass is 10.1. The fourth-order valence-corrected chi connectivity index (χ4v) is 3.63. The Balaban J connectivity index is 1.42. The molecule has 0 aliphatic carbocycles. The first kappa shape index (κ1) is 17.6. The molecule has 0 atom stereocenters. The highest BCUT2D eigenvalue weighted by Gasteiger charge is 2.11. The van der Waals surface area contributed by atoms with Crippen LogP contribution in [0.4, 0.5) is 5.69 Å². The number of rotatable bonds is 6. The van der Waals surface area contributed by atoms with Crippen LogP contribution in [0.2, 0.25) is 0 Å². The number of hydrogen-bond acceptors (Lipinski definition) is 4. The van der Waals surface area contributed by atoms with Crippen LogP contribution < -0.4 is 4.74 Å². The summed E-state index contributed by atoms with van der Waals surface area (Å²) in [5.41, 5.74) is 3.56. The standard InChI is InChI=1S/C22H25N3O2/c1-16-5-4-6-20-21(16)19(22(26)24-20)15-23-17-7-9-18(10-8-17)27-14-13-25-11-2-3-12-25/h4-10,15,24,26H,2-3,11-14H2,1H3. The van der Waals surface area contributed by atoms with Gasteiger partial charge in [0.1, 0.15) is 12.4 Å². The van der Waals surface area contributed by atoms with Crippen molar-refractivity contribution < 1.29 is 9.84 Å². The number of likely N-dealkylation sites (tertiary alicyclic amines) is 1. The van der Waals surface area contributed by atoms with Crippen molar-refractivity contribution in [3.8, 4) is 11.6 Å². The van der Waals surface area contributed by atoms with Crippen LogP contribution in [0, 0.1) is 6.92 Å². The highest BCUT2D eigenvalue weighted by Crippen LogP contribution is 2.29. The Kier molecular flexibility index (Phi) is 5.12. The zero-order chi connectivity index (χ0) is 18.6. The van der Waals surface area contributed by atoms with E-state index in [1.54, 1.807) is 6.21 Å². The fourth-order valence-electron chi connectivity index (χ4n) is 3.63. The number of aromatic nitrogens is 1. The smallest absolute Gasteiger partial charge is 0.198 e. The topological polar surface area (TPSA) is 60.9 Å². The van der Waals surface area contributed by atoms with Gasteiger partial charge in [-0.2, -0.15) is 0 Å². The van der Waals surface area contributed by atoms with Crippen LogP contribution in [0.3, 0.4) is 0 Å². The minimum atomic E-state index is 0.143. The molecule has 0 unspecified atom stereocenters. The van der Waals surface area contributed by atoms with Gasteiger partial charge >= 0.3 is 0 Å². The molecule has 0 amide bonds. The van der Waals surface area contributed by atoms with Gasteiger partial charge in [0.2, 0.25) is 0 Å². The Morgan fingerprint density at radius 3 is 2.70 bits per heavy atom. The molecule has 4 rings (SSSR count). The number of fused-ring (bicyclic) bond motifs is 1. The number of ether oxygens (including phenoxy) is 1. The van der Waals surface area contributed by atoms with Crippen LogP contribution in [-0.4, -0.2) is 47.4 Å². The van der Waals surface area contributed by atoms with E-state index in [1.807, 2.05) is 49.4 Å². The summed E-state index contributed by atoms with van der Waals surface area (Å²) in [4.78, 5) is 9.96. The van der Waals surface area contributed by atoms with Crippen molar-refractivity contribution in [2.75, 3.05) is 26.2 Å². The van der Waals surface area contributed by atoms with E-state index in [9.17, 15) is 5.11 Å². The third-order valence-electron chi connectivity index (χ3n) is 5.10. The molecule has 2 aromatic carbocycles. The van der Waals surface area contributed by atoms with Gasteiger partial charge in [0.25, 0.3) is 0 Å². The molecule has 0 bridgehead atoms. The number of aromatic amines is 1. The van der Waals surface area contributed by atoms with Crippen LogP contribution in [0.1, 0.15) is 24.0 Å². The Morgan fingerprint density at radius 2 is 1.93 bits per heavy atom. The van der Waals surface area contributed by atoms with Crippen molar-refractivity contribution in [1.29, 1.82) is 0 Å². The molecule has 0 radical (unpaired) electrons. The lowest BCUT2D eigenvalue weighted by Gasteiger charge is -2.14. The first-order chi connectivity index (χ1) is 13.2. The third kappa shape index (κ3) is 3.98. The summed E-state index contributed by atoms with van der Waals surface area (Å²) < 4.78 is 5.83. The van der Waals surface area contributed by atoms with Gasteiger partial charge in [-0.1, -0.05) is 12.1 Å². The summed E-state index contributed by atoms with van der Waals surface area (Å²) >= 11 is 0. The van der Waals surface area contributed by atoms with Crippen LogP contribution >= 0.6 is 0 Å². The molecule has 5 nitrogen and oxygen atoms in total. The maximum Gasteiger partial charge on any atom is 0.198 e. The summed E-state index contributed by atoms with van der Waals surface area (Å²) in [7, 11) is 0. The minimum absolute atomic E-state index is 0.143. The molecule has 1 aliphatic heterocycles. The number of benzene rings is 2. The van der Waals surface area contributed by atoms with Crippen molar-refractivity contribution in [3.05, 3.63) is 53.6 Å². The first-order valence-electron chi connectivity index (χ1n) is 9.50. The van der Waals surface area contributed by atoms with Gasteiger partial charge in [0.15, 0.2) is 5.88 Å². The molecule has 3 aromatic rings. The van der Waals surface area contributed by atoms with E-state index < -0.39 is 0 Å². The van der Waals surface area contributed by atoms with Crippen LogP contribution in [-0.2, 0) is 0 Å². The average molecular weight is 363 g/mol. The lowest BCUT2D eigenvalue weighted by Crippen LogP contribution is -2.25. The van der Waals surface area contributed by atoms with E-state index in [-0.39, 0.29) is 5.88 Å². The Bertz CT molecular complexity index is 938. The van der Waals surface area contributed by atoms with E-state index in [0.29, 0.717) is 12.2 Å². The van der Waals surface area contributed by atoms with Crippen LogP contribution in [0.5, 0.6) is 11.6 Å². The van der Waals surface area contributed by atoms with Crippen LogP contribution in [0.15, 0.2) is 47.5 Å². The van der Waals surface area contributed by atoms with E-state index in [0.717, 1.165) is 34.4 Å². The molecule has 5 heteroatoms. The molecule has 27 heavy (non-hydrogen) atoms. The van der Waals surface area contributed by atoms with Gasteiger partial charge in [0, 0.05) is 23.7 Å². The van der Waals surface area contributed by atoms with Gasteiger partial charge in [-0.3, -0.25) is 9.89 Å². The summed E-state index contributed by atoms with van der Waals surface area (Å²) in [6.45, 7) is 6.11. The second-order valence-electron chi connectivity index (χ2n) is 7.03. The molecule has 1 saturated heterocycles. The maximum atomic E-state index is 10.2. The summed E-state index contributed by atoms with van der Waals surface area (Å²) in [6, 6.07) is 13.7. The molecule has 0 saturated carbocycles. The van der Waals surface area contributed by atoms with Crippen molar-refractivity contribution in [3.63, 3.8) is 0 Å². The highest BCUT2D eigenvalue weighted by molar-refractivity contribution is 6.04. The third-order valence-corrected chi connectivity index (χ3v) is 5.10. The number of nitrogens with one attached hydrogen (secondary N) is 1. The highest BCUT2D eigenvalue weighted by atomic mass is 16.5. The number of H-pyrrole nitrogens is 1. The van der Waals surface area contributed by atoms with E-state index in [1.165, 1.54) is 25.9 Å². The van der Waals surface area contributed by atoms with Crippen LogP contribution in [0.25, 0.3) is 10.9 Å². The average Bonchev–Trinajstić information content (AvgIpc) is 3.29. The second kappa shape index (κ2) is 7.84. The Morgan fingerprint density at radius 1 is 1.15 bits per heavy atom. The van der Waals surface area contributed by atoms with Gasteiger partial charge in [0.05, 0.1) is 11.3 Å². The molecule has 140 valence electrons. The number of nitrogens with zero attached hydrogens (tertiary/aromatic N) is 2. The second-order valence-corrected chi connectivity index (χ2v) is 7.03. The molecule has 1 fully saturated rings. The normalized spacial score (nSPS) is 15.1. The number of hydrogen-bond donors (Lipinski definition) is 2. The van der Waals surface area contributed by atoms with Crippen molar-refractivity contribution in [2.24, 2.45) is 4.99 Å². The molecule has 2 N–H and O–H groups in total. The number of aromatic hydroxyl groups is 1. The summed E-state index contributed by atoms with van der Waals surface area (Å²) in [6.07, 6.45) is 4.32. The van der Waals surface area contributed by atoms with E-state index in [2.05, 4.69) is 14.9 Å². The maximum absolute atomic E-state index is 10.2. The lowest BCUT2D eigenvalue weighted by molar-refractivity contribution is 0.238. The Hall–Kier alpha value is -2.79. The fraction of sp³-hybridized carbons (Fsp3) is 0.318. The minimum Gasteiger partial charge on any atom is -0.494 e. The predicted octanol–water partition coefficient (Wildman–Crippen LogP) is 4.41. The Labute approximate surface area is 159 Å². The van der Waals surface area contributed by atoms with Crippen molar-refractivity contribution >= 4 is 22.8 Å². The van der Waals surface area contributed by atoms with Gasteiger partial charge in [-0.05, 0) is 68.8 Å². The number of aliphatic imine (C=N–C) groups is 1. The SMILES string of the molecule is Cc1cccc2[nH]c(O)c(C=Nc3ccc(OCCN4CCCC4)cc3)c12. The largest absolute Gasteiger partial charge is 0.494 e. The molecular formula is C22H25N3O2. The molecule has 2 heterocycles. The summed E-state index contributed by atoms with van der Waals surface area (Å²) in [5.74, 6) is 1.00. The molecule has 0 spiro atoms. The zero-order valence-electron chi connectivity index (χ0n) is 15.6. The van der Waals surface area contributed by atoms with Crippen molar-refractivity contribution in [1.82, 2.24) is 9.88 Å². The quantitative estimate of drug-likeness (QED) is 0.638. The first-order valence-corrected chi connectivity index (χ1v) is 9.50. The van der Waals surface area contributed by atoms with E-state index in [4.69, 9.17) is 4.74 Å². The molecule has 1 aliphatic rings. The summed E-state index contributed by atoms with van der Waals surface area (Å²) in [5, 5.41) is 11.2. The van der Waals surface area contributed by atoms with Gasteiger partial charge in [-0.15, -0.1) is 0 Å². The van der Waals surface area contributed by atoms with Crippen molar-refractivity contribution in [2.45, 2.75) is 19.8 Å².